The van der Waals surface area contributed by atoms with E-state index in [1.807, 2.05) is 24.3 Å². The van der Waals surface area contributed by atoms with Gasteiger partial charge in [0.25, 0.3) is 0 Å². The molecule has 3 aromatic carbocycles. The number of aromatic hydroxyl groups is 1. The van der Waals surface area contributed by atoms with Crippen LogP contribution in [0.25, 0.3) is 32.6 Å². The minimum atomic E-state index is -0.601. The normalized spacial score (nSPS) is 11.5. The van der Waals surface area contributed by atoms with Gasteiger partial charge in [-0.2, -0.15) is 0 Å². The highest BCUT2D eigenvalue weighted by atomic mass is 35.5. The Hall–Kier alpha value is -2.79. The van der Waals surface area contributed by atoms with Crippen molar-refractivity contribution in [2.24, 2.45) is 0 Å². The van der Waals surface area contributed by atoms with Crippen LogP contribution in [0.1, 0.15) is 0 Å². The maximum atomic E-state index is 11.1. The first kappa shape index (κ1) is 12.9. The highest BCUT2D eigenvalue weighted by Crippen LogP contribution is 2.43. The summed E-state index contributed by atoms with van der Waals surface area (Å²) in [7, 11) is 0. The third kappa shape index (κ3) is 1.60. The van der Waals surface area contributed by atoms with Gasteiger partial charge < -0.3 is 10.1 Å². The molecule has 22 heavy (non-hydrogen) atoms. The van der Waals surface area contributed by atoms with Crippen LogP contribution < -0.4 is 0 Å². The molecule has 6 heteroatoms. The van der Waals surface area contributed by atoms with Gasteiger partial charge in [-0.15, -0.1) is 0 Å². The number of aromatic nitrogens is 1. The maximum Gasteiger partial charge on any atom is 0.311 e. The van der Waals surface area contributed by atoms with Crippen LogP contribution in [0.15, 0.2) is 42.5 Å². The molecular weight excluding hydrogens is 304 g/mol. The van der Waals surface area contributed by atoms with Crippen molar-refractivity contribution in [3.63, 3.8) is 0 Å². The molecule has 0 saturated carbocycles. The number of rotatable bonds is 1. The first-order valence-electron chi connectivity index (χ1n) is 6.57. The number of nitrogens with zero attached hydrogens (tertiary/aromatic N) is 1. The SMILES string of the molecule is O=[N+]([O-])c1ccc2c(Cl)cc3[nH]c4ccccc4c3c2c1O. The second-order valence-electron chi connectivity index (χ2n) is 5.06. The Labute approximate surface area is 128 Å². The molecule has 1 aromatic heterocycles. The van der Waals surface area contributed by atoms with E-state index in [4.69, 9.17) is 11.6 Å². The van der Waals surface area contributed by atoms with Crippen LogP contribution in [-0.4, -0.2) is 15.0 Å². The number of phenols is 1. The van der Waals surface area contributed by atoms with E-state index < -0.39 is 4.92 Å². The summed E-state index contributed by atoms with van der Waals surface area (Å²) in [5.41, 5.74) is 1.28. The van der Waals surface area contributed by atoms with E-state index >= 15 is 0 Å². The number of H-pyrrole nitrogens is 1. The molecule has 108 valence electrons. The number of hydrogen-bond acceptors (Lipinski definition) is 3. The lowest BCUT2D eigenvalue weighted by atomic mass is 10.0. The number of halogens is 1. The molecule has 0 atom stereocenters. The summed E-state index contributed by atoms with van der Waals surface area (Å²) < 4.78 is 0. The fraction of sp³-hybridized carbons (Fsp3) is 0. The van der Waals surface area contributed by atoms with E-state index in [1.54, 1.807) is 12.1 Å². The molecule has 0 saturated heterocycles. The van der Waals surface area contributed by atoms with Gasteiger partial charge in [-0.1, -0.05) is 29.8 Å². The van der Waals surface area contributed by atoms with Crippen LogP contribution in [0.3, 0.4) is 0 Å². The molecule has 0 amide bonds. The quantitative estimate of drug-likeness (QED) is 0.393. The molecule has 4 rings (SSSR count). The summed E-state index contributed by atoms with van der Waals surface area (Å²) in [4.78, 5) is 13.7. The van der Waals surface area contributed by atoms with Crippen LogP contribution in [0.5, 0.6) is 5.75 Å². The largest absolute Gasteiger partial charge is 0.502 e. The van der Waals surface area contributed by atoms with Crippen molar-refractivity contribution in [3.8, 4) is 5.75 Å². The Morgan fingerprint density at radius 1 is 1.05 bits per heavy atom. The lowest BCUT2D eigenvalue weighted by Gasteiger charge is -2.06. The van der Waals surface area contributed by atoms with Crippen molar-refractivity contribution in [3.05, 3.63) is 57.6 Å². The smallest absolute Gasteiger partial charge is 0.311 e. The van der Waals surface area contributed by atoms with Crippen LogP contribution in [0.2, 0.25) is 5.02 Å². The van der Waals surface area contributed by atoms with E-state index in [1.165, 1.54) is 6.07 Å². The predicted octanol–water partition coefficient (Wildman–Crippen LogP) is 4.74. The van der Waals surface area contributed by atoms with E-state index in [9.17, 15) is 15.2 Å². The van der Waals surface area contributed by atoms with Gasteiger partial charge in [0.05, 0.1) is 9.95 Å². The molecule has 4 aromatic rings. The monoisotopic (exact) mass is 312 g/mol. The number of fused-ring (bicyclic) bond motifs is 5. The molecule has 0 unspecified atom stereocenters. The summed E-state index contributed by atoms with van der Waals surface area (Å²) in [6.45, 7) is 0. The second-order valence-corrected chi connectivity index (χ2v) is 5.47. The van der Waals surface area contributed by atoms with Crippen molar-refractivity contribution in [2.45, 2.75) is 0 Å². The Kier molecular flexibility index (Phi) is 2.55. The van der Waals surface area contributed by atoms with Crippen molar-refractivity contribution < 1.29 is 10.0 Å². The Morgan fingerprint density at radius 2 is 1.82 bits per heavy atom. The number of aromatic amines is 1. The predicted molar refractivity (Wildman–Crippen MR) is 86.6 cm³/mol. The average Bonchev–Trinajstić information content (AvgIpc) is 2.85. The van der Waals surface area contributed by atoms with Crippen LogP contribution in [0, 0.1) is 10.1 Å². The number of phenolic OH excluding ortho intramolecular Hbond substituents is 1. The number of nitro groups is 1. The minimum Gasteiger partial charge on any atom is -0.502 e. The number of para-hydroxylation sites is 1. The molecule has 0 bridgehead atoms. The zero-order valence-electron chi connectivity index (χ0n) is 11.1. The van der Waals surface area contributed by atoms with Gasteiger partial charge in [-0.25, -0.2) is 0 Å². The molecule has 0 aliphatic heterocycles. The third-order valence-electron chi connectivity index (χ3n) is 3.87. The topological polar surface area (TPSA) is 79.2 Å². The first-order valence-corrected chi connectivity index (χ1v) is 6.94. The molecule has 0 aliphatic rings. The van der Waals surface area contributed by atoms with Crippen molar-refractivity contribution in [1.82, 2.24) is 4.98 Å². The fourth-order valence-corrected chi connectivity index (χ4v) is 3.19. The van der Waals surface area contributed by atoms with E-state index in [0.29, 0.717) is 15.8 Å². The van der Waals surface area contributed by atoms with E-state index in [0.717, 1.165) is 21.8 Å². The van der Waals surface area contributed by atoms with E-state index in [2.05, 4.69) is 4.98 Å². The molecule has 1 heterocycles. The maximum absolute atomic E-state index is 11.1. The van der Waals surface area contributed by atoms with Crippen LogP contribution in [0.4, 0.5) is 5.69 Å². The Morgan fingerprint density at radius 3 is 2.59 bits per heavy atom. The second kappa shape index (κ2) is 4.35. The third-order valence-corrected chi connectivity index (χ3v) is 4.18. The highest BCUT2D eigenvalue weighted by Gasteiger charge is 2.21. The number of benzene rings is 3. The van der Waals surface area contributed by atoms with Gasteiger partial charge in [0.2, 0.25) is 5.75 Å². The molecular formula is C16H9ClN2O3. The summed E-state index contributed by atoms with van der Waals surface area (Å²) >= 11 is 6.27. The molecule has 0 radical (unpaired) electrons. The number of nitro benzene ring substituents is 1. The minimum absolute atomic E-state index is 0.332. The zero-order valence-corrected chi connectivity index (χ0v) is 11.9. The summed E-state index contributed by atoms with van der Waals surface area (Å²) in [6.07, 6.45) is 0. The van der Waals surface area contributed by atoms with Gasteiger partial charge in [-0.3, -0.25) is 10.1 Å². The van der Waals surface area contributed by atoms with Gasteiger partial charge in [0, 0.05) is 38.6 Å². The first-order chi connectivity index (χ1) is 10.6. The standard InChI is InChI=1S/C16H9ClN2O3/c17-10-7-12-14(9-3-1-2-4-11(9)18-12)15-8(10)5-6-13(16(15)20)19(21)22/h1-7,18,20H. The van der Waals surface area contributed by atoms with Gasteiger partial charge >= 0.3 is 5.69 Å². The summed E-state index contributed by atoms with van der Waals surface area (Å²) in [5, 5.41) is 24.5. The Balaban J connectivity index is 2.35. The van der Waals surface area contributed by atoms with Gasteiger partial charge in [0.1, 0.15) is 0 Å². The molecule has 0 aliphatic carbocycles. The number of hydrogen-bond donors (Lipinski definition) is 2. The van der Waals surface area contributed by atoms with Crippen molar-refractivity contribution in [2.75, 3.05) is 0 Å². The molecule has 2 N–H and O–H groups in total. The van der Waals surface area contributed by atoms with Crippen molar-refractivity contribution in [1.29, 1.82) is 0 Å². The lowest BCUT2D eigenvalue weighted by Crippen LogP contribution is -1.90. The fourth-order valence-electron chi connectivity index (χ4n) is 2.92. The van der Waals surface area contributed by atoms with E-state index in [-0.39, 0.29) is 11.4 Å². The van der Waals surface area contributed by atoms with Gasteiger partial charge in [-0.05, 0) is 18.2 Å². The van der Waals surface area contributed by atoms with Gasteiger partial charge in [0.15, 0.2) is 0 Å². The summed E-state index contributed by atoms with van der Waals surface area (Å²) in [6, 6.07) is 12.2. The lowest BCUT2D eigenvalue weighted by molar-refractivity contribution is -0.385. The van der Waals surface area contributed by atoms with Crippen molar-refractivity contribution >= 4 is 49.9 Å². The molecule has 0 spiro atoms. The number of nitrogens with one attached hydrogen (secondary N) is 1. The zero-order chi connectivity index (χ0) is 15.4. The summed E-state index contributed by atoms with van der Waals surface area (Å²) in [5.74, 6) is -0.361. The Bertz CT molecular complexity index is 1090. The highest BCUT2D eigenvalue weighted by molar-refractivity contribution is 6.39. The average molecular weight is 313 g/mol. The van der Waals surface area contributed by atoms with Crippen LogP contribution in [-0.2, 0) is 0 Å². The van der Waals surface area contributed by atoms with Crippen LogP contribution >= 0.6 is 11.6 Å². The molecule has 5 nitrogen and oxygen atoms in total. The molecule has 0 fully saturated rings.